The molecule has 1 atom stereocenters. The van der Waals surface area contributed by atoms with E-state index in [1.165, 1.54) is 24.3 Å². The molecule has 0 spiro atoms. The van der Waals surface area contributed by atoms with Gasteiger partial charge in [-0.05, 0) is 53.3 Å². The average Bonchev–Trinajstić information content (AvgIpc) is 2.65. The number of halogens is 3. The third-order valence-corrected chi connectivity index (χ3v) is 4.38. The van der Waals surface area contributed by atoms with E-state index >= 15 is 0 Å². The van der Waals surface area contributed by atoms with E-state index in [2.05, 4.69) is 0 Å². The number of hydrogen-bond acceptors (Lipinski definition) is 0. The van der Waals surface area contributed by atoms with Gasteiger partial charge >= 0.3 is 0 Å². The standard InChI is InChI=1S/C23H19F3/c1-16(19-5-3-2-4-6-19)13-21-22(25)14-18(15-23(21)26)8-7-17-9-11-20(24)12-10-17/h2-12,14-16H,13H2,1H3/t16-/m0/s1. The van der Waals surface area contributed by atoms with Crippen LogP contribution in [0.4, 0.5) is 13.2 Å². The third kappa shape index (κ3) is 4.42. The first-order valence-electron chi connectivity index (χ1n) is 8.49. The van der Waals surface area contributed by atoms with Crippen molar-refractivity contribution in [3.05, 3.63) is 106 Å². The van der Waals surface area contributed by atoms with Gasteiger partial charge in [0.2, 0.25) is 0 Å². The molecule has 0 saturated heterocycles. The van der Waals surface area contributed by atoms with Crippen molar-refractivity contribution in [2.24, 2.45) is 0 Å². The van der Waals surface area contributed by atoms with Crippen molar-refractivity contribution in [3.63, 3.8) is 0 Å². The minimum Gasteiger partial charge on any atom is -0.207 e. The highest BCUT2D eigenvalue weighted by atomic mass is 19.1. The molecular formula is C23H19F3. The van der Waals surface area contributed by atoms with Crippen molar-refractivity contribution in [2.75, 3.05) is 0 Å². The molecule has 0 aromatic heterocycles. The van der Waals surface area contributed by atoms with Gasteiger partial charge in [0.25, 0.3) is 0 Å². The van der Waals surface area contributed by atoms with Crippen LogP contribution in [0.15, 0.2) is 66.7 Å². The number of hydrogen-bond donors (Lipinski definition) is 0. The van der Waals surface area contributed by atoms with Crippen LogP contribution in [0.1, 0.15) is 35.1 Å². The molecule has 0 saturated carbocycles. The second kappa shape index (κ2) is 8.05. The van der Waals surface area contributed by atoms with E-state index in [0.29, 0.717) is 12.0 Å². The molecule has 0 amide bonds. The maximum Gasteiger partial charge on any atom is 0.129 e. The Labute approximate surface area is 151 Å². The second-order valence-corrected chi connectivity index (χ2v) is 6.36. The van der Waals surface area contributed by atoms with E-state index in [4.69, 9.17) is 0 Å². The summed E-state index contributed by atoms with van der Waals surface area (Å²) in [6, 6.07) is 18.2. The van der Waals surface area contributed by atoms with E-state index < -0.39 is 11.6 Å². The van der Waals surface area contributed by atoms with Gasteiger partial charge in [-0.15, -0.1) is 0 Å². The highest BCUT2D eigenvalue weighted by Gasteiger charge is 2.15. The summed E-state index contributed by atoms with van der Waals surface area (Å²) in [6.07, 6.45) is 3.60. The molecule has 3 heteroatoms. The number of rotatable bonds is 5. The Kier molecular flexibility index (Phi) is 5.57. The summed E-state index contributed by atoms with van der Waals surface area (Å²) < 4.78 is 41.8. The summed E-state index contributed by atoms with van der Waals surface area (Å²) in [6.45, 7) is 1.95. The van der Waals surface area contributed by atoms with Gasteiger partial charge in [0.05, 0.1) is 0 Å². The Balaban J connectivity index is 1.78. The zero-order chi connectivity index (χ0) is 18.5. The van der Waals surface area contributed by atoms with Crippen molar-refractivity contribution in [3.8, 4) is 0 Å². The first-order valence-corrected chi connectivity index (χ1v) is 8.49. The van der Waals surface area contributed by atoms with Crippen LogP contribution in [0, 0.1) is 17.5 Å². The van der Waals surface area contributed by atoms with E-state index in [-0.39, 0.29) is 17.3 Å². The lowest BCUT2D eigenvalue weighted by molar-refractivity contribution is 0.543. The number of benzene rings is 3. The molecule has 3 aromatic carbocycles. The van der Waals surface area contributed by atoms with E-state index in [0.717, 1.165) is 11.1 Å². The zero-order valence-corrected chi connectivity index (χ0v) is 14.4. The topological polar surface area (TPSA) is 0 Å². The zero-order valence-electron chi connectivity index (χ0n) is 14.4. The summed E-state index contributed by atoms with van der Waals surface area (Å²) >= 11 is 0. The van der Waals surface area contributed by atoms with Crippen molar-refractivity contribution in [1.82, 2.24) is 0 Å². The van der Waals surface area contributed by atoms with Crippen LogP contribution in [0.3, 0.4) is 0 Å². The third-order valence-electron chi connectivity index (χ3n) is 4.38. The van der Waals surface area contributed by atoms with Crippen LogP contribution in [0.2, 0.25) is 0 Å². The summed E-state index contributed by atoms with van der Waals surface area (Å²) in [5, 5.41) is 0. The smallest absolute Gasteiger partial charge is 0.129 e. The SMILES string of the molecule is C[C@@H](Cc1c(F)cc(C=Cc2ccc(F)cc2)cc1F)c1ccccc1. The Morgan fingerprint density at radius 1 is 0.769 bits per heavy atom. The predicted molar refractivity (Wildman–Crippen MR) is 100 cm³/mol. The van der Waals surface area contributed by atoms with Gasteiger partial charge in [-0.1, -0.05) is 61.5 Å². The Hall–Kier alpha value is -2.81. The molecule has 0 aliphatic heterocycles. The second-order valence-electron chi connectivity index (χ2n) is 6.36. The molecule has 0 aliphatic carbocycles. The van der Waals surface area contributed by atoms with Crippen molar-refractivity contribution in [2.45, 2.75) is 19.3 Å². The minimum absolute atomic E-state index is 0.0146. The Bertz CT molecular complexity index is 873. The van der Waals surface area contributed by atoms with E-state index in [9.17, 15) is 13.2 Å². The summed E-state index contributed by atoms with van der Waals surface area (Å²) in [4.78, 5) is 0. The molecule has 0 heterocycles. The van der Waals surface area contributed by atoms with E-state index in [1.807, 2.05) is 37.3 Å². The van der Waals surface area contributed by atoms with Crippen LogP contribution in [-0.2, 0) is 6.42 Å². The maximum absolute atomic E-state index is 14.4. The fraction of sp³-hybridized carbons (Fsp3) is 0.130. The molecule has 26 heavy (non-hydrogen) atoms. The molecule has 0 fully saturated rings. The highest BCUT2D eigenvalue weighted by molar-refractivity contribution is 5.69. The van der Waals surface area contributed by atoms with Gasteiger partial charge in [-0.25, -0.2) is 13.2 Å². The molecule has 0 bridgehead atoms. The van der Waals surface area contributed by atoms with Crippen LogP contribution in [0.5, 0.6) is 0 Å². The van der Waals surface area contributed by atoms with Gasteiger partial charge in [0, 0.05) is 5.56 Å². The molecule has 132 valence electrons. The molecule has 0 N–H and O–H groups in total. The lowest BCUT2D eigenvalue weighted by Crippen LogP contribution is -2.04. The largest absolute Gasteiger partial charge is 0.207 e. The van der Waals surface area contributed by atoms with Gasteiger partial charge in [0.1, 0.15) is 17.5 Å². The lowest BCUT2D eigenvalue weighted by atomic mass is 9.92. The quantitative estimate of drug-likeness (QED) is 0.453. The van der Waals surface area contributed by atoms with Gasteiger partial charge in [0.15, 0.2) is 0 Å². The summed E-state index contributed by atoms with van der Waals surface area (Å²) in [5.74, 6) is -1.41. The van der Waals surface area contributed by atoms with Crippen LogP contribution >= 0.6 is 0 Å². The molecule has 3 rings (SSSR count). The average molecular weight is 352 g/mol. The predicted octanol–water partition coefficient (Wildman–Crippen LogP) is 6.62. The van der Waals surface area contributed by atoms with Crippen LogP contribution in [0.25, 0.3) is 12.2 Å². The molecule has 0 radical (unpaired) electrons. The maximum atomic E-state index is 14.4. The Morgan fingerprint density at radius 2 is 1.35 bits per heavy atom. The first-order chi connectivity index (χ1) is 12.5. The van der Waals surface area contributed by atoms with Crippen LogP contribution in [-0.4, -0.2) is 0 Å². The molecule has 0 aliphatic rings. The van der Waals surface area contributed by atoms with Crippen LogP contribution < -0.4 is 0 Å². The first kappa shape index (κ1) is 18.0. The fourth-order valence-electron chi connectivity index (χ4n) is 2.89. The van der Waals surface area contributed by atoms with Crippen molar-refractivity contribution in [1.29, 1.82) is 0 Å². The monoisotopic (exact) mass is 352 g/mol. The Morgan fingerprint density at radius 3 is 1.96 bits per heavy atom. The van der Waals surface area contributed by atoms with E-state index in [1.54, 1.807) is 24.3 Å². The molecule has 0 unspecified atom stereocenters. The molecule has 0 nitrogen and oxygen atoms in total. The molecule has 3 aromatic rings. The molecular weight excluding hydrogens is 333 g/mol. The summed E-state index contributed by atoms with van der Waals surface area (Å²) in [5.41, 5.74) is 2.33. The lowest BCUT2D eigenvalue weighted by Gasteiger charge is -2.13. The normalized spacial score (nSPS) is 12.5. The van der Waals surface area contributed by atoms with Crippen molar-refractivity contribution < 1.29 is 13.2 Å². The minimum atomic E-state index is -0.550. The van der Waals surface area contributed by atoms with Gasteiger partial charge in [-0.2, -0.15) is 0 Å². The highest BCUT2D eigenvalue weighted by Crippen LogP contribution is 2.25. The van der Waals surface area contributed by atoms with Crippen molar-refractivity contribution >= 4 is 12.2 Å². The summed E-state index contributed by atoms with van der Waals surface area (Å²) in [7, 11) is 0. The fourth-order valence-corrected chi connectivity index (χ4v) is 2.89. The van der Waals surface area contributed by atoms with Gasteiger partial charge in [-0.3, -0.25) is 0 Å². The van der Waals surface area contributed by atoms with Gasteiger partial charge < -0.3 is 0 Å².